The Kier molecular flexibility index (Phi) is 3.75. The molecule has 0 saturated carbocycles. The van der Waals surface area contributed by atoms with Crippen molar-refractivity contribution < 1.29 is 4.74 Å². The molecule has 1 aliphatic rings. The third-order valence-corrected chi connectivity index (χ3v) is 4.37. The van der Waals surface area contributed by atoms with Gasteiger partial charge >= 0.3 is 0 Å². The van der Waals surface area contributed by atoms with Crippen LogP contribution in [0, 0.1) is 0 Å². The fraction of sp³-hybridized carbons (Fsp3) is 0.200. The van der Waals surface area contributed by atoms with E-state index >= 15 is 0 Å². The molecule has 0 saturated heterocycles. The standard InChI is InChI=1S/C15H11BrCl2O/c16-11-6-10-4-5-19-15(10)13(8-11)14(18)9-2-1-3-12(17)7-9/h1-3,6-8,14H,4-5H2. The second-order valence-corrected chi connectivity index (χ2v) is 6.29. The van der Waals surface area contributed by atoms with Gasteiger partial charge in [-0.3, -0.25) is 0 Å². The minimum atomic E-state index is -0.261. The van der Waals surface area contributed by atoms with Crippen molar-refractivity contribution in [1.29, 1.82) is 0 Å². The van der Waals surface area contributed by atoms with Crippen LogP contribution >= 0.6 is 39.1 Å². The Balaban J connectivity index is 2.07. The molecule has 0 radical (unpaired) electrons. The topological polar surface area (TPSA) is 9.23 Å². The maximum Gasteiger partial charge on any atom is 0.127 e. The van der Waals surface area contributed by atoms with Crippen molar-refractivity contribution in [3.05, 3.63) is 62.6 Å². The number of halogens is 3. The molecular formula is C15H11BrCl2O. The van der Waals surface area contributed by atoms with E-state index in [0.29, 0.717) is 5.02 Å². The van der Waals surface area contributed by atoms with Gasteiger partial charge in [-0.25, -0.2) is 0 Å². The Labute approximate surface area is 130 Å². The van der Waals surface area contributed by atoms with E-state index in [2.05, 4.69) is 22.0 Å². The summed E-state index contributed by atoms with van der Waals surface area (Å²) in [6.45, 7) is 0.720. The molecular weight excluding hydrogens is 347 g/mol. The van der Waals surface area contributed by atoms with Gasteiger partial charge in [0.05, 0.1) is 12.0 Å². The fourth-order valence-electron chi connectivity index (χ4n) is 2.33. The summed E-state index contributed by atoms with van der Waals surface area (Å²) >= 11 is 16.2. The molecule has 0 bridgehead atoms. The first-order valence-electron chi connectivity index (χ1n) is 6.00. The van der Waals surface area contributed by atoms with Crippen molar-refractivity contribution in [2.24, 2.45) is 0 Å². The van der Waals surface area contributed by atoms with Crippen LogP contribution in [-0.4, -0.2) is 6.61 Å². The van der Waals surface area contributed by atoms with Crippen LogP contribution in [0.25, 0.3) is 0 Å². The Bertz CT molecular complexity index is 628. The third kappa shape index (κ3) is 2.62. The molecule has 2 aromatic carbocycles. The van der Waals surface area contributed by atoms with Crippen molar-refractivity contribution in [1.82, 2.24) is 0 Å². The summed E-state index contributed by atoms with van der Waals surface area (Å²) in [4.78, 5) is 0. The van der Waals surface area contributed by atoms with E-state index in [1.807, 2.05) is 30.3 Å². The lowest BCUT2D eigenvalue weighted by Gasteiger charge is -2.15. The van der Waals surface area contributed by atoms with Crippen LogP contribution in [0.5, 0.6) is 5.75 Å². The van der Waals surface area contributed by atoms with Gasteiger partial charge in [-0.2, -0.15) is 0 Å². The lowest BCUT2D eigenvalue weighted by Crippen LogP contribution is -1.97. The highest BCUT2D eigenvalue weighted by molar-refractivity contribution is 9.10. The molecule has 0 N–H and O–H groups in total. The van der Waals surface area contributed by atoms with Gasteiger partial charge in [0, 0.05) is 21.5 Å². The molecule has 1 atom stereocenters. The number of benzene rings is 2. The largest absolute Gasteiger partial charge is 0.493 e. The van der Waals surface area contributed by atoms with Gasteiger partial charge < -0.3 is 4.74 Å². The summed E-state index contributed by atoms with van der Waals surface area (Å²) in [5.41, 5.74) is 3.17. The van der Waals surface area contributed by atoms with E-state index in [0.717, 1.165) is 34.4 Å². The molecule has 2 aromatic rings. The first kappa shape index (κ1) is 13.3. The summed E-state index contributed by atoms with van der Waals surface area (Å²) in [6, 6.07) is 11.7. The van der Waals surface area contributed by atoms with Crippen LogP contribution in [0.15, 0.2) is 40.9 Å². The predicted molar refractivity (Wildman–Crippen MR) is 82.5 cm³/mol. The van der Waals surface area contributed by atoms with E-state index in [-0.39, 0.29) is 5.38 Å². The minimum Gasteiger partial charge on any atom is -0.493 e. The van der Waals surface area contributed by atoms with Gasteiger partial charge in [-0.05, 0) is 35.4 Å². The summed E-state index contributed by atoms with van der Waals surface area (Å²) in [5.74, 6) is 0.920. The lowest BCUT2D eigenvalue weighted by atomic mass is 10.0. The lowest BCUT2D eigenvalue weighted by molar-refractivity contribution is 0.353. The second kappa shape index (κ2) is 5.35. The van der Waals surface area contributed by atoms with Gasteiger partial charge in [0.25, 0.3) is 0 Å². The van der Waals surface area contributed by atoms with Gasteiger partial charge in [0.2, 0.25) is 0 Å². The maximum atomic E-state index is 6.60. The highest BCUT2D eigenvalue weighted by atomic mass is 79.9. The summed E-state index contributed by atoms with van der Waals surface area (Å²) in [6.07, 6.45) is 0.931. The van der Waals surface area contributed by atoms with Crippen molar-refractivity contribution in [3.63, 3.8) is 0 Å². The summed E-state index contributed by atoms with van der Waals surface area (Å²) in [5, 5.41) is 0.429. The van der Waals surface area contributed by atoms with E-state index in [9.17, 15) is 0 Å². The average Bonchev–Trinajstić information content (AvgIpc) is 2.85. The Morgan fingerprint density at radius 1 is 1.21 bits per heavy atom. The molecule has 4 heteroatoms. The van der Waals surface area contributed by atoms with Gasteiger partial charge in [0.1, 0.15) is 5.75 Å². The number of rotatable bonds is 2. The number of fused-ring (bicyclic) bond motifs is 1. The van der Waals surface area contributed by atoms with Crippen molar-refractivity contribution in [2.75, 3.05) is 6.61 Å². The second-order valence-electron chi connectivity index (χ2n) is 4.50. The number of hydrogen-bond donors (Lipinski definition) is 0. The molecule has 0 amide bonds. The minimum absolute atomic E-state index is 0.261. The summed E-state index contributed by atoms with van der Waals surface area (Å²) in [7, 11) is 0. The number of ether oxygens (including phenoxy) is 1. The van der Waals surface area contributed by atoms with Crippen LogP contribution in [-0.2, 0) is 6.42 Å². The Hall–Kier alpha value is -0.700. The molecule has 1 heterocycles. The van der Waals surface area contributed by atoms with Crippen LogP contribution in [0.1, 0.15) is 22.1 Å². The van der Waals surface area contributed by atoms with E-state index in [4.69, 9.17) is 27.9 Å². The van der Waals surface area contributed by atoms with Crippen molar-refractivity contribution >= 4 is 39.1 Å². The molecule has 1 unspecified atom stereocenters. The molecule has 98 valence electrons. The first-order chi connectivity index (χ1) is 9.15. The smallest absolute Gasteiger partial charge is 0.127 e. The molecule has 0 aliphatic carbocycles. The van der Waals surface area contributed by atoms with Crippen LogP contribution in [0.3, 0.4) is 0 Å². The van der Waals surface area contributed by atoms with E-state index < -0.39 is 0 Å². The van der Waals surface area contributed by atoms with Crippen LogP contribution < -0.4 is 4.74 Å². The SMILES string of the molecule is Clc1cccc(C(Cl)c2cc(Br)cc3c2OCC3)c1. The summed E-state index contributed by atoms with van der Waals surface area (Å²) < 4.78 is 6.75. The quantitative estimate of drug-likeness (QED) is 0.657. The fourth-order valence-corrected chi connectivity index (χ4v) is 3.35. The molecule has 1 nitrogen and oxygen atoms in total. The normalized spacial score (nSPS) is 14.9. The van der Waals surface area contributed by atoms with Gasteiger partial charge in [-0.15, -0.1) is 11.6 Å². The highest BCUT2D eigenvalue weighted by Crippen LogP contribution is 2.41. The number of alkyl halides is 1. The average molecular weight is 358 g/mol. The first-order valence-corrected chi connectivity index (χ1v) is 7.60. The predicted octanol–water partition coefficient (Wildman–Crippen LogP) is 5.37. The zero-order chi connectivity index (χ0) is 13.4. The molecule has 0 spiro atoms. The Morgan fingerprint density at radius 2 is 2.05 bits per heavy atom. The van der Waals surface area contributed by atoms with Crippen molar-refractivity contribution in [3.8, 4) is 5.75 Å². The molecule has 1 aliphatic heterocycles. The van der Waals surface area contributed by atoms with Crippen molar-refractivity contribution in [2.45, 2.75) is 11.8 Å². The third-order valence-electron chi connectivity index (χ3n) is 3.19. The zero-order valence-electron chi connectivity index (χ0n) is 10.00. The van der Waals surface area contributed by atoms with E-state index in [1.54, 1.807) is 0 Å². The van der Waals surface area contributed by atoms with Gasteiger partial charge in [0.15, 0.2) is 0 Å². The zero-order valence-corrected chi connectivity index (χ0v) is 13.1. The maximum absolute atomic E-state index is 6.60. The highest BCUT2D eigenvalue weighted by Gasteiger charge is 2.23. The van der Waals surface area contributed by atoms with E-state index in [1.165, 1.54) is 5.56 Å². The molecule has 0 aromatic heterocycles. The molecule has 0 fully saturated rings. The molecule has 19 heavy (non-hydrogen) atoms. The van der Waals surface area contributed by atoms with Gasteiger partial charge in [-0.1, -0.05) is 39.7 Å². The monoisotopic (exact) mass is 356 g/mol. The number of hydrogen-bond acceptors (Lipinski definition) is 1. The Morgan fingerprint density at radius 3 is 2.84 bits per heavy atom. The van der Waals surface area contributed by atoms with Crippen LogP contribution in [0.2, 0.25) is 5.02 Å². The van der Waals surface area contributed by atoms with Crippen LogP contribution in [0.4, 0.5) is 0 Å². The molecule has 3 rings (SSSR count).